The van der Waals surface area contributed by atoms with Gasteiger partial charge in [0.25, 0.3) is 0 Å². The fraction of sp³-hybridized carbons (Fsp3) is 0.500. The first kappa shape index (κ1) is 14.0. The second-order valence-corrected chi connectivity index (χ2v) is 4.01. The van der Waals surface area contributed by atoms with Crippen molar-refractivity contribution in [1.29, 1.82) is 0 Å². The van der Waals surface area contributed by atoms with Crippen molar-refractivity contribution < 1.29 is 4.79 Å². The lowest BCUT2D eigenvalue weighted by atomic mass is 10.1. The molecule has 1 atom stereocenters. The summed E-state index contributed by atoms with van der Waals surface area (Å²) in [5.74, 6) is 6.25. The zero-order valence-corrected chi connectivity index (χ0v) is 10.8. The van der Waals surface area contributed by atoms with Gasteiger partial charge in [0.2, 0.25) is 11.9 Å². The molecule has 0 saturated carbocycles. The number of hydrazine groups is 1. The van der Waals surface area contributed by atoms with E-state index in [1.807, 2.05) is 18.9 Å². The number of aromatic nitrogens is 2. The van der Waals surface area contributed by atoms with Gasteiger partial charge in [0.1, 0.15) is 11.6 Å². The Morgan fingerprint density at radius 3 is 2.78 bits per heavy atom. The SMILES string of the molecule is CNC(=O)C(C)CN(C)c1cc(NN)nc(N)n1. The lowest BCUT2D eigenvalue weighted by Crippen LogP contribution is -2.34. The molecule has 1 amide bonds. The highest BCUT2D eigenvalue weighted by atomic mass is 16.1. The number of nitrogens with one attached hydrogen (secondary N) is 2. The van der Waals surface area contributed by atoms with Crippen molar-refractivity contribution in [3.8, 4) is 0 Å². The van der Waals surface area contributed by atoms with Gasteiger partial charge in [-0.15, -0.1) is 0 Å². The number of anilines is 3. The zero-order chi connectivity index (χ0) is 13.7. The van der Waals surface area contributed by atoms with E-state index in [9.17, 15) is 4.79 Å². The molecule has 8 heteroatoms. The molecule has 18 heavy (non-hydrogen) atoms. The molecular formula is C10H19N7O. The summed E-state index contributed by atoms with van der Waals surface area (Å²) >= 11 is 0. The van der Waals surface area contributed by atoms with Gasteiger partial charge < -0.3 is 21.4 Å². The van der Waals surface area contributed by atoms with Crippen molar-refractivity contribution in [2.24, 2.45) is 11.8 Å². The van der Waals surface area contributed by atoms with E-state index in [1.165, 1.54) is 0 Å². The summed E-state index contributed by atoms with van der Waals surface area (Å²) in [4.78, 5) is 21.2. The Labute approximate surface area is 106 Å². The van der Waals surface area contributed by atoms with E-state index >= 15 is 0 Å². The van der Waals surface area contributed by atoms with Crippen LogP contribution in [0.2, 0.25) is 0 Å². The van der Waals surface area contributed by atoms with Crippen LogP contribution in [-0.2, 0) is 4.79 Å². The van der Waals surface area contributed by atoms with Crippen LogP contribution in [-0.4, -0.2) is 36.5 Å². The summed E-state index contributed by atoms with van der Waals surface area (Å²) in [7, 11) is 3.43. The van der Waals surface area contributed by atoms with Gasteiger partial charge in [0.05, 0.1) is 5.92 Å². The zero-order valence-electron chi connectivity index (χ0n) is 10.8. The van der Waals surface area contributed by atoms with Gasteiger partial charge >= 0.3 is 0 Å². The van der Waals surface area contributed by atoms with Crippen LogP contribution in [0.3, 0.4) is 0 Å². The van der Waals surface area contributed by atoms with Crippen molar-refractivity contribution in [2.45, 2.75) is 6.92 Å². The maximum Gasteiger partial charge on any atom is 0.224 e. The van der Waals surface area contributed by atoms with Crippen LogP contribution in [0.15, 0.2) is 6.07 Å². The van der Waals surface area contributed by atoms with Crippen LogP contribution < -0.4 is 27.2 Å². The van der Waals surface area contributed by atoms with Crippen molar-refractivity contribution in [2.75, 3.05) is 36.7 Å². The van der Waals surface area contributed by atoms with E-state index in [0.717, 1.165) is 0 Å². The highest BCUT2D eigenvalue weighted by molar-refractivity contribution is 5.78. The molecule has 1 aromatic rings. The maximum atomic E-state index is 11.4. The molecule has 8 nitrogen and oxygen atoms in total. The molecule has 1 unspecified atom stereocenters. The normalized spacial score (nSPS) is 11.8. The Morgan fingerprint density at radius 2 is 2.22 bits per heavy atom. The monoisotopic (exact) mass is 253 g/mol. The van der Waals surface area contributed by atoms with E-state index in [0.29, 0.717) is 18.2 Å². The summed E-state index contributed by atoms with van der Waals surface area (Å²) in [5.41, 5.74) is 7.98. The van der Waals surface area contributed by atoms with Crippen molar-refractivity contribution in [1.82, 2.24) is 15.3 Å². The number of carbonyl (C=O) groups excluding carboxylic acids is 1. The van der Waals surface area contributed by atoms with Gasteiger partial charge in [-0.2, -0.15) is 9.97 Å². The van der Waals surface area contributed by atoms with Crippen LogP contribution in [0.1, 0.15) is 6.92 Å². The largest absolute Gasteiger partial charge is 0.368 e. The molecule has 1 aromatic heterocycles. The second-order valence-electron chi connectivity index (χ2n) is 4.01. The van der Waals surface area contributed by atoms with Gasteiger partial charge in [-0.1, -0.05) is 6.92 Å². The number of nitrogens with two attached hydrogens (primary N) is 2. The van der Waals surface area contributed by atoms with E-state index in [-0.39, 0.29) is 17.8 Å². The highest BCUT2D eigenvalue weighted by Crippen LogP contribution is 2.16. The van der Waals surface area contributed by atoms with E-state index in [1.54, 1.807) is 13.1 Å². The van der Waals surface area contributed by atoms with Crippen LogP contribution in [0, 0.1) is 5.92 Å². The van der Waals surface area contributed by atoms with E-state index in [4.69, 9.17) is 11.6 Å². The van der Waals surface area contributed by atoms with Crippen molar-refractivity contribution in [3.05, 3.63) is 6.07 Å². The number of hydrogen-bond donors (Lipinski definition) is 4. The molecule has 100 valence electrons. The summed E-state index contributed by atoms with van der Waals surface area (Å²) in [6.45, 7) is 2.35. The molecule has 0 aromatic carbocycles. The molecule has 0 aliphatic rings. The predicted molar refractivity (Wildman–Crippen MR) is 70.8 cm³/mol. The Balaban J connectivity index is 2.80. The summed E-state index contributed by atoms with van der Waals surface area (Å²) < 4.78 is 0. The lowest BCUT2D eigenvalue weighted by Gasteiger charge is -2.22. The summed E-state index contributed by atoms with van der Waals surface area (Å²) in [6, 6.07) is 1.66. The van der Waals surface area contributed by atoms with Gasteiger partial charge in [0, 0.05) is 26.7 Å². The number of rotatable bonds is 5. The maximum absolute atomic E-state index is 11.4. The Kier molecular flexibility index (Phi) is 4.67. The number of nitrogens with zero attached hydrogens (tertiary/aromatic N) is 3. The number of carbonyl (C=O) groups is 1. The number of hydrogen-bond acceptors (Lipinski definition) is 7. The third-order valence-electron chi connectivity index (χ3n) is 2.51. The minimum atomic E-state index is -0.162. The molecule has 1 heterocycles. The molecule has 0 bridgehead atoms. The molecular weight excluding hydrogens is 234 g/mol. The van der Waals surface area contributed by atoms with E-state index in [2.05, 4.69) is 20.7 Å². The molecule has 0 fully saturated rings. The smallest absolute Gasteiger partial charge is 0.224 e. The molecule has 0 spiro atoms. The van der Waals surface area contributed by atoms with Gasteiger partial charge in [-0.3, -0.25) is 4.79 Å². The van der Waals surface area contributed by atoms with Crippen molar-refractivity contribution >= 4 is 23.5 Å². The average molecular weight is 253 g/mol. The Hall–Kier alpha value is -2.09. The average Bonchev–Trinajstić information content (AvgIpc) is 2.36. The Bertz CT molecular complexity index is 423. The molecule has 0 aliphatic carbocycles. The summed E-state index contributed by atoms with van der Waals surface area (Å²) in [5, 5.41) is 2.60. The number of nitrogen functional groups attached to an aromatic ring is 2. The number of amides is 1. The molecule has 6 N–H and O–H groups in total. The molecule has 0 aliphatic heterocycles. The van der Waals surface area contributed by atoms with Crippen molar-refractivity contribution in [3.63, 3.8) is 0 Å². The molecule has 0 saturated heterocycles. The third-order valence-corrected chi connectivity index (χ3v) is 2.51. The first-order valence-corrected chi connectivity index (χ1v) is 5.51. The van der Waals surface area contributed by atoms with Gasteiger partial charge in [-0.05, 0) is 0 Å². The topological polar surface area (TPSA) is 122 Å². The lowest BCUT2D eigenvalue weighted by molar-refractivity contribution is -0.123. The standard InChI is InChI=1S/C10H19N7O/c1-6(9(18)13-2)5-17(3)8-4-7(16-12)14-10(11)15-8/h4,6H,5,12H2,1-3H3,(H,13,18)(H3,11,14,15,16). The highest BCUT2D eigenvalue weighted by Gasteiger charge is 2.15. The van der Waals surface area contributed by atoms with Gasteiger partial charge in [0.15, 0.2) is 0 Å². The van der Waals surface area contributed by atoms with Crippen LogP contribution in [0.4, 0.5) is 17.6 Å². The second kappa shape index (κ2) is 6.01. The summed E-state index contributed by atoms with van der Waals surface area (Å²) in [6.07, 6.45) is 0. The van der Waals surface area contributed by atoms with Crippen LogP contribution >= 0.6 is 0 Å². The van der Waals surface area contributed by atoms with E-state index < -0.39 is 0 Å². The van der Waals surface area contributed by atoms with Gasteiger partial charge in [-0.25, -0.2) is 5.84 Å². The third kappa shape index (κ3) is 3.45. The predicted octanol–water partition coefficient (Wildman–Crippen LogP) is -0.837. The fourth-order valence-electron chi connectivity index (χ4n) is 1.56. The first-order chi connectivity index (χ1) is 8.47. The fourth-order valence-corrected chi connectivity index (χ4v) is 1.56. The molecule has 0 radical (unpaired) electrons. The first-order valence-electron chi connectivity index (χ1n) is 5.51. The minimum Gasteiger partial charge on any atom is -0.368 e. The Morgan fingerprint density at radius 1 is 1.56 bits per heavy atom. The molecule has 1 rings (SSSR count). The van der Waals surface area contributed by atoms with Crippen LogP contribution in [0.25, 0.3) is 0 Å². The quantitative estimate of drug-likeness (QED) is 0.398. The van der Waals surface area contributed by atoms with Crippen LogP contribution in [0.5, 0.6) is 0 Å². The minimum absolute atomic E-state index is 0.0268.